The predicted octanol–water partition coefficient (Wildman–Crippen LogP) is 5.14. The Morgan fingerprint density at radius 3 is 2.17 bits per heavy atom. The highest BCUT2D eigenvalue weighted by molar-refractivity contribution is 6.73. The molecule has 1 aliphatic rings. The Labute approximate surface area is 175 Å². The van der Waals surface area contributed by atoms with Gasteiger partial charge in [-0.3, -0.25) is 4.58 Å². The third kappa shape index (κ3) is 4.59. The van der Waals surface area contributed by atoms with E-state index in [1.165, 1.54) is 0 Å². The minimum atomic E-state index is -2.07. The lowest BCUT2D eigenvalue weighted by atomic mass is 9.68. The lowest BCUT2D eigenvalue weighted by Gasteiger charge is -2.38. The van der Waals surface area contributed by atoms with Crippen molar-refractivity contribution in [3.8, 4) is 0 Å². The normalized spacial score (nSPS) is 25.0. The van der Waals surface area contributed by atoms with Crippen molar-refractivity contribution in [3.05, 3.63) is 35.9 Å². The van der Waals surface area contributed by atoms with Gasteiger partial charge in [-0.05, 0) is 37.5 Å². The number of carbonyl (C=O) groups is 1. The van der Waals surface area contributed by atoms with E-state index in [0.29, 0.717) is 0 Å². The summed E-state index contributed by atoms with van der Waals surface area (Å²) >= 11 is 0. The second-order valence-corrected chi connectivity index (χ2v) is 13.0. The molecule has 0 amide bonds. The fourth-order valence-corrected chi connectivity index (χ4v) is 5.93. The van der Waals surface area contributed by atoms with Crippen LogP contribution in [-0.4, -0.2) is 33.1 Å². The summed E-state index contributed by atoms with van der Waals surface area (Å²) in [6.45, 7) is 14.3. The van der Waals surface area contributed by atoms with Gasteiger partial charge in [-0.1, -0.05) is 65.0 Å². The van der Waals surface area contributed by atoms with Crippen LogP contribution < -0.4 is 0 Å². The molecule has 1 aromatic carbocycles. The van der Waals surface area contributed by atoms with E-state index >= 15 is 0 Å². The van der Waals surface area contributed by atoms with Crippen molar-refractivity contribution in [2.24, 2.45) is 5.41 Å². The molecule has 2 rings (SSSR count). The maximum absolute atomic E-state index is 12.8. The Morgan fingerprint density at radius 1 is 1.07 bits per heavy atom. The van der Waals surface area contributed by atoms with E-state index in [0.717, 1.165) is 23.7 Å². The van der Waals surface area contributed by atoms with Gasteiger partial charge in [0, 0.05) is 5.41 Å². The first-order valence-electron chi connectivity index (χ1n) is 10.6. The van der Waals surface area contributed by atoms with E-state index in [9.17, 15) is 4.79 Å². The summed E-state index contributed by atoms with van der Waals surface area (Å²) in [7, 11) is -2.07. The zero-order valence-electron chi connectivity index (χ0n) is 18.8. The van der Waals surface area contributed by atoms with Gasteiger partial charge in [-0.25, -0.2) is 19.5 Å². The monoisotopic (exact) mass is 424 g/mol. The molecule has 3 unspecified atom stereocenters. The molecule has 1 aliphatic heterocycles. The van der Waals surface area contributed by atoms with Crippen molar-refractivity contribution >= 4 is 14.3 Å². The van der Waals surface area contributed by atoms with Gasteiger partial charge in [0.2, 0.25) is 14.4 Å². The van der Waals surface area contributed by atoms with E-state index in [2.05, 4.69) is 20.8 Å². The zero-order valence-corrected chi connectivity index (χ0v) is 19.8. The average Bonchev–Trinajstić information content (AvgIpc) is 2.97. The molecule has 7 heteroatoms. The van der Waals surface area contributed by atoms with Gasteiger partial charge in [0.05, 0.1) is 6.61 Å². The Bertz CT molecular complexity index is 652. The number of ether oxygens (including phenoxy) is 1. The standard InChI is InChI=1S/C22H36O6Si/c1-8-24-20(23)18(25-28-29(9-2,10-3)11-4)19-21(5,6)22(7,27-26-19)17-15-13-12-14-16-17/h12-16,18-19H,8-11H2,1-7H3. The largest absolute Gasteiger partial charge is 0.464 e. The summed E-state index contributed by atoms with van der Waals surface area (Å²) in [4.78, 5) is 30.2. The summed E-state index contributed by atoms with van der Waals surface area (Å²) in [5.74, 6) is -0.502. The van der Waals surface area contributed by atoms with Crippen LogP contribution in [0.3, 0.4) is 0 Å². The molecule has 0 N–H and O–H groups in total. The second kappa shape index (κ2) is 9.70. The van der Waals surface area contributed by atoms with E-state index < -0.39 is 37.5 Å². The van der Waals surface area contributed by atoms with Crippen molar-refractivity contribution in [1.29, 1.82) is 0 Å². The van der Waals surface area contributed by atoms with Crippen LogP contribution in [0.1, 0.15) is 54.0 Å². The molecule has 0 aliphatic carbocycles. The van der Waals surface area contributed by atoms with Crippen LogP contribution in [0, 0.1) is 5.41 Å². The maximum Gasteiger partial charge on any atom is 0.341 e. The van der Waals surface area contributed by atoms with Gasteiger partial charge < -0.3 is 4.74 Å². The molecule has 1 heterocycles. The molecule has 3 atom stereocenters. The number of benzene rings is 1. The molecule has 0 radical (unpaired) electrons. The molecular weight excluding hydrogens is 388 g/mol. The summed E-state index contributed by atoms with van der Waals surface area (Å²) in [6.07, 6.45) is -1.73. The summed E-state index contributed by atoms with van der Waals surface area (Å²) in [6, 6.07) is 12.6. The lowest BCUT2D eigenvalue weighted by Crippen LogP contribution is -2.51. The zero-order chi connectivity index (χ0) is 21.7. The third-order valence-electron chi connectivity index (χ3n) is 6.64. The maximum atomic E-state index is 12.8. The van der Waals surface area contributed by atoms with Crippen molar-refractivity contribution in [2.45, 2.75) is 84.4 Å². The van der Waals surface area contributed by atoms with Gasteiger partial charge in [0.25, 0.3) is 0 Å². The van der Waals surface area contributed by atoms with Crippen LogP contribution in [0.15, 0.2) is 30.3 Å². The quantitative estimate of drug-likeness (QED) is 0.224. The van der Waals surface area contributed by atoms with Crippen LogP contribution in [0.25, 0.3) is 0 Å². The van der Waals surface area contributed by atoms with Gasteiger partial charge in [-0.15, -0.1) is 0 Å². The molecule has 0 spiro atoms. The van der Waals surface area contributed by atoms with Gasteiger partial charge in [0.1, 0.15) is 11.7 Å². The predicted molar refractivity (Wildman–Crippen MR) is 113 cm³/mol. The minimum absolute atomic E-state index is 0.251. The Morgan fingerprint density at radius 2 is 1.66 bits per heavy atom. The second-order valence-electron chi connectivity index (χ2n) is 8.32. The number of esters is 1. The number of hydrogen-bond donors (Lipinski definition) is 0. The van der Waals surface area contributed by atoms with Crippen LogP contribution in [0.5, 0.6) is 0 Å². The highest BCUT2D eigenvalue weighted by Gasteiger charge is 2.61. The number of rotatable bonds is 10. The van der Waals surface area contributed by atoms with Crippen LogP contribution >= 0.6 is 0 Å². The molecule has 0 bridgehead atoms. The van der Waals surface area contributed by atoms with Crippen LogP contribution in [0.4, 0.5) is 0 Å². The van der Waals surface area contributed by atoms with Gasteiger partial charge in [0.15, 0.2) is 0 Å². The van der Waals surface area contributed by atoms with Crippen LogP contribution in [0.2, 0.25) is 18.1 Å². The van der Waals surface area contributed by atoms with E-state index in [1.807, 2.05) is 51.1 Å². The first kappa shape index (κ1) is 24.0. The van der Waals surface area contributed by atoms with E-state index in [1.54, 1.807) is 6.92 Å². The third-order valence-corrected chi connectivity index (χ3v) is 11.0. The van der Waals surface area contributed by atoms with Gasteiger partial charge >= 0.3 is 5.97 Å². The summed E-state index contributed by atoms with van der Waals surface area (Å²) in [5.41, 5.74) is -0.387. The first-order chi connectivity index (χ1) is 13.7. The van der Waals surface area contributed by atoms with Crippen molar-refractivity contribution in [3.63, 3.8) is 0 Å². The Kier molecular flexibility index (Phi) is 8.04. The molecule has 0 aromatic heterocycles. The molecule has 1 fully saturated rings. The van der Waals surface area contributed by atoms with Crippen molar-refractivity contribution < 1.29 is 28.8 Å². The lowest BCUT2D eigenvalue weighted by molar-refractivity contribution is -0.355. The highest BCUT2D eigenvalue weighted by atomic mass is 28.4. The topological polar surface area (TPSA) is 63.2 Å². The fraction of sp³-hybridized carbons (Fsp3) is 0.682. The van der Waals surface area contributed by atoms with E-state index in [4.69, 9.17) is 24.0 Å². The minimum Gasteiger partial charge on any atom is -0.464 e. The Hall–Kier alpha value is -1.25. The molecule has 29 heavy (non-hydrogen) atoms. The van der Waals surface area contributed by atoms with Gasteiger partial charge in [-0.2, -0.15) is 0 Å². The van der Waals surface area contributed by atoms with Crippen molar-refractivity contribution in [2.75, 3.05) is 6.61 Å². The van der Waals surface area contributed by atoms with Crippen LogP contribution in [-0.2, 0) is 34.4 Å². The van der Waals surface area contributed by atoms with E-state index in [-0.39, 0.29) is 6.61 Å². The summed E-state index contributed by atoms with van der Waals surface area (Å²) in [5, 5.41) is 0. The number of hydrogen-bond acceptors (Lipinski definition) is 6. The molecule has 1 saturated heterocycles. The van der Waals surface area contributed by atoms with Crippen molar-refractivity contribution in [1.82, 2.24) is 0 Å². The fourth-order valence-electron chi connectivity index (χ4n) is 3.77. The first-order valence-corrected chi connectivity index (χ1v) is 13.1. The molecule has 6 nitrogen and oxygen atoms in total. The average molecular weight is 425 g/mol. The summed E-state index contributed by atoms with van der Waals surface area (Å²) < 4.78 is 11.3. The molecule has 1 aromatic rings. The molecular formula is C22H36O6Si. The smallest absolute Gasteiger partial charge is 0.341 e. The number of carbonyl (C=O) groups excluding carboxylic acids is 1. The molecule has 164 valence electrons. The highest BCUT2D eigenvalue weighted by Crippen LogP contribution is 2.52. The molecule has 0 saturated carbocycles. The Balaban J connectivity index is 2.32. The SMILES string of the molecule is CCOC(=O)C(OO[Si](CC)(CC)CC)C1OOC(C)(c2ccccc2)C1(C)C.